The first-order chi connectivity index (χ1) is 9.17. The lowest BCUT2D eigenvalue weighted by atomic mass is 10.2. The van der Waals surface area contributed by atoms with Gasteiger partial charge in [0.1, 0.15) is 17.4 Å². The maximum Gasteiger partial charge on any atom is 0.180 e. The Balaban J connectivity index is 2.11. The van der Waals surface area contributed by atoms with E-state index in [4.69, 9.17) is 10.5 Å². The summed E-state index contributed by atoms with van der Waals surface area (Å²) >= 11 is 3.46. The first-order valence-corrected chi connectivity index (χ1v) is 6.43. The Labute approximate surface area is 118 Å². The number of anilines is 1. The molecule has 2 heterocycles. The van der Waals surface area contributed by atoms with E-state index in [1.165, 1.54) is 0 Å². The Morgan fingerprint density at radius 3 is 2.79 bits per heavy atom. The zero-order valence-corrected chi connectivity index (χ0v) is 11.7. The van der Waals surface area contributed by atoms with Crippen molar-refractivity contribution in [1.82, 2.24) is 15.0 Å². The van der Waals surface area contributed by atoms with Gasteiger partial charge in [-0.3, -0.25) is 0 Å². The Hall–Kier alpha value is -2.08. The molecule has 3 rings (SSSR count). The smallest absolute Gasteiger partial charge is 0.180 e. The summed E-state index contributed by atoms with van der Waals surface area (Å²) in [5, 5.41) is 0. The molecule has 0 saturated heterocycles. The summed E-state index contributed by atoms with van der Waals surface area (Å²) in [5.41, 5.74) is 8.06. The summed E-state index contributed by atoms with van der Waals surface area (Å²) in [5.74, 6) is 1.99. The van der Waals surface area contributed by atoms with E-state index >= 15 is 0 Å². The van der Waals surface area contributed by atoms with Gasteiger partial charge in [0.15, 0.2) is 5.65 Å². The normalized spacial score (nSPS) is 10.8. The van der Waals surface area contributed by atoms with Crippen molar-refractivity contribution >= 4 is 32.9 Å². The number of aromatic amines is 1. The predicted octanol–water partition coefficient (Wildman–Crippen LogP) is 2.98. The van der Waals surface area contributed by atoms with Crippen LogP contribution in [0.3, 0.4) is 0 Å². The zero-order valence-electron chi connectivity index (χ0n) is 10.1. The van der Waals surface area contributed by atoms with E-state index in [9.17, 15) is 0 Å². The van der Waals surface area contributed by atoms with Crippen LogP contribution in [0.15, 0.2) is 34.8 Å². The van der Waals surface area contributed by atoms with E-state index in [1.54, 1.807) is 13.2 Å². The number of benzene rings is 1. The van der Waals surface area contributed by atoms with Crippen molar-refractivity contribution in [2.75, 3.05) is 12.8 Å². The highest BCUT2D eigenvalue weighted by Crippen LogP contribution is 2.30. The van der Waals surface area contributed by atoms with Gasteiger partial charge < -0.3 is 15.5 Å². The van der Waals surface area contributed by atoms with Crippen molar-refractivity contribution in [3.8, 4) is 17.1 Å². The van der Waals surface area contributed by atoms with Crippen LogP contribution in [-0.2, 0) is 0 Å². The molecule has 96 valence electrons. The summed E-state index contributed by atoms with van der Waals surface area (Å²) in [6, 6.07) is 9.37. The molecular weight excluding hydrogens is 308 g/mol. The maximum atomic E-state index is 5.64. The predicted molar refractivity (Wildman–Crippen MR) is 78.0 cm³/mol. The first-order valence-electron chi connectivity index (χ1n) is 5.63. The van der Waals surface area contributed by atoms with E-state index < -0.39 is 0 Å². The van der Waals surface area contributed by atoms with Crippen LogP contribution in [0.5, 0.6) is 5.75 Å². The molecule has 0 spiro atoms. The molecule has 2 aromatic heterocycles. The number of nitrogen functional groups attached to an aromatic ring is 1. The van der Waals surface area contributed by atoms with Crippen LogP contribution in [0.4, 0.5) is 5.82 Å². The Kier molecular flexibility index (Phi) is 2.87. The van der Waals surface area contributed by atoms with Gasteiger partial charge >= 0.3 is 0 Å². The van der Waals surface area contributed by atoms with Crippen molar-refractivity contribution < 1.29 is 4.74 Å². The molecule has 1 aromatic carbocycles. The van der Waals surface area contributed by atoms with Gasteiger partial charge in [-0.2, -0.15) is 0 Å². The summed E-state index contributed by atoms with van der Waals surface area (Å²) in [6.45, 7) is 0. The van der Waals surface area contributed by atoms with E-state index in [2.05, 4.69) is 30.9 Å². The molecule has 3 N–H and O–H groups in total. The highest BCUT2D eigenvalue weighted by atomic mass is 79.9. The second kappa shape index (κ2) is 4.55. The van der Waals surface area contributed by atoms with Crippen molar-refractivity contribution in [2.24, 2.45) is 0 Å². The average Bonchev–Trinajstić information content (AvgIpc) is 2.81. The molecule has 0 unspecified atom stereocenters. The lowest BCUT2D eigenvalue weighted by Crippen LogP contribution is -1.88. The summed E-state index contributed by atoms with van der Waals surface area (Å²) in [4.78, 5) is 11.8. The molecule has 0 fully saturated rings. The van der Waals surface area contributed by atoms with Crippen molar-refractivity contribution in [3.05, 3.63) is 34.8 Å². The number of pyridine rings is 1. The van der Waals surface area contributed by atoms with Crippen LogP contribution in [0.25, 0.3) is 22.6 Å². The molecule has 6 heteroatoms. The number of hydrogen-bond acceptors (Lipinski definition) is 4. The van der Waals surface area contributed by atoms with E-state index in [-0.39, 0.29) is 0 Å². The standard InChI is InChI=1S/C13H11BrN4O/c1-19-10-4-2-7(6-8(10)14)12-16-9-3-5-11(15)17-13(9)18-12/h2-6H,1H3,(H3,15,16,17,18). The van der Waals surface area contributed by atoms with Gasteiger partial charge in [0.05, 0.1) is 17.1 Å². The Bertz CT molecular complexity index is 753. The Morgan fingerprint density at radius 2 is 2.05 bits per heavy atom. The fourth-order valence-corrected chi connectivity index (χ4v) is 2.40. The molecular formula is C13H11BrN4O. The molecule has 0 atom stereocenters. The summed E-state index contributed by atoms with van der Waals surface area (Å²) < 4.78 is 6.08. The van der Waals surface area contributed by atoms with Crippen LogP contribution < -0.4 is 10.5 Å². The number of H-pyrrole nitrogens is 1. The number of rotatable bonds is 2. The third kappa shape index (κ3) is 2.15. The fourth-order valence-electron chi connectivity index (χ4n) is 1.86. The minimum Gasteiger partial charge on any atom is -0.496 e. The largest absolute Gasteiger partial charge is 0.496 e. The lowest BCUT2D eigenvalue weighted by Gasteiger charge is -2.04. The topological polar surface area (TPSA) is 76.8 Å². The van der Waals surface area contributed by atoms with Gasteiger partial charge in [-0.1, -0.05) is 0 Å². The average molecular weight is 319 g/mol. The van der Waals surface area contributed by atoms with Gasteiger partial charge in [-0.05, 0) is 46.3 Å². The van der Waals surface area contributed by atoms with Crippen molar-refractivity contribution in [1.29, 1.82) is 0 Å². The van der Waals surface area contributed by atoms with Gasteiger partial charge in [-0.15, -0.1) is 0 Å². The maximum absolute atomic E-state index is 5.64. The molecule has 3 aromatic rings. The lowest BCUT2D eigenvalue weighted by molar-refractivity contribution is 0.412. The number of fused-ring (bicyclic) bond motifs is 1. The number of hydrogen-bond donors (Lipinski definition) is 2. The SMILES string of the molecule is COc1ccc(-c2nc3nc(N)ccc3[nH]2)cc1Br. The molecule has 0 bridgehead atoms. The Morgan fingerprint density at radius 1 is 1.21 bits per heavy atom. The third-order valence-electron chi connectivity index (χ3n) is 2.79. The second-order valence-electron chi connectivity index (χ2n) is 4.04. The van der Waals surface area contributed by atoms with Crippen molar-refractivity contribution in [3.63, 3.8) is 0 Å². The fraction of sp³-hybridized carbons (Fsp3) is 0.0769. The monoisotopic (exact) mass is 318 g/mol. The number of nitrogens with zero attached hydrogens (tertiary/aromatic N) is 2. The molecule has 0 saturated carbocycles. The van der Waals surface area contributed by atoms with Gasteiger partial charge in [-0.25, -0.2) is 9.97 Å². The molecule has 0 amide bonds. The first kappa shape index (κ1) is 12.0. The number of methoxy groups -OCH3 is 1. The second-order valence-corrected chi connectivity index (χ2v) is 4.90. The van der Waals surface area contributed by atoms with E-state index in [0.717, 1.165) is 27.1 Å². The molecule has 0 aliphatic heterocycles. The van der Waals surface area contributed by atoms with Crippen LogP contribution in [0.2, 0.25) is 0 Å². The minimum absolute atomic E-state index is 0.460. The number of nitrogens with one attached hydrogen (secondary N) is 1. The van der Waals surface area contributed by atoms with Gasteiger partial charge in [0, 0.05) is 5.56 Å². The number of nitrogens with two attached hydrogens (primary N) is 1. The van der Waals surface area contributed by atoms with Gasteiger partial charge in [0.2, 0.25) is 0 Å². The van der Waals surface area contributed by atoms with Crippen LogP contribution in [-0.4, -0.2) is 22.1 Å². The van der Waals surface area contributed by atoms with Crippen LogP contribution in [0, 0.1) is 0 Å². The van der Waals surface area contributed by atoms with E-state index in [0.29, 0.717) is 11.5 Å². The minimum atomic E-state index is 0.460. The van der Waals surface area contributed by atoms with Crippen molar-refractivity contribution in [2.45, 2.75) is 0 Å². The number of imidazole rings is 1. The number of halogens is 1. The zero-order chi connectivity index (χ0) is 13.4. The number of aromatic nitrogens is 3. The molecule has 0 aliphatic rings. The van der Waals surface area contributed by atoms with Crippen LogP contribution >= 0.6 is 15.9 Å². The van der Waals surface area contributed by atoms with Crippen LogP contribution in [0.1, 0.15) is 0 Å². The highest BCUT2D eigenvalue weighted by molar-refractivity contribution is 9.10. The molecule has 19 heavy (non-hydrogen) atoms. The summed E-state index contributed by atoms with van der Waals surface area (Å²) in [7, 11) is 1.63. The third-order valence-corrected chi connectivity index (χ3v) is 3.41. The summed E-state index contributed by atoms with van der Waals surface area (Å²) in [6.07, 6.45) is 0. The molecule has 5 nitrogen and oxygen atoms in total. The number of ether oxygens (including phenoxy) is 1. The molecule has 0 radical (unpaired) electrons. The van der Waals surface area contributed by atoms with Gasteiger partial charge in [0.25, 0.3) is 0 Å². The quantitative estimate of drug-likeness (QED) is 0.761. The van der Waals surface area contributed by atoms with E-state index in [1.807, 2.05) is 24.3 Å². The molecule has 0 aliphatic carbocycles. The highest BCUT2D eigenvalue weighted by Gasteiger charge is 2.08.